The summed E-state index contributed by atoms with van der Waals surface area (Å²) in [6, 6.07) is 0. The molecule has 0 N–H and O–H groups in total. The van der Waals surface area contributed by atoms with Gasteiger partial charge in [0.1, 0.15) is 5.60 Å². The van der Waals surface area contributed by atoms with Crippen molar-refractivity contribution in [3.8, 4) is 0 Å². The molecule has 3 atom stereocenters. The van der Waals surface area contributed by atoms with E-state index < -0.39 is 0 Å². The number of ether oxygens (including phenoxy) is 1. The lowest BCUT2D eigenvalue weighted by Gasteiger charge is -2.55. The molecular weight excluding hydrogens is 272 g/mol. The molecule has 0 aliphatic heterocycles. The fourth-order valence-electron chi connectivity index (χ4n) is 6.76. The number of carbonyl (C=O) groups excluding carboxylic acids is 1. The molecule has 2 nitrogen and oxygen atoms in total. The minimum absolute atomic E-state index is 0.0472. The molecule has 0 aromatic heterocycles. The summed E-state index contributed by atoms with van der Waals surface area (Å²) in [7, 11) is 0. The van der Waals surface area contributed by atoms with E-state index in [9.17, 15) is 4.79 Å². The Labute approximate surface area is 135 Å². The van der Waals surface area contributed by atoms with Crippen molar-refractivity contribution in [3.63, 3.8) is 0 Å². The van der Waals surface area contributed by atoms with Gasteiger partial charge in [0.15, 0.2) is 0 Å². The third-order valence-electron chi connectivity index (χ3n) is 7.50. The van der Waals surface area contributed by atoms with E-state index in [1.807, 2.05) is 0 Å². The third-order valence-corrected chi connectivity index (χ3v) is 7.50. The molecule has 0 radical (unpaired) electrons. The van der Waals surface area contributed by atoms with Gasteiger partial charge in [0.2, 0.25) is 0 Å². The minimum Gasteiger partial charge on any atom is -0.459 e. The van der Waals surface area contributed by atoms with E-state index in [1.54, 1.807) is 0 Å². The van der Waals surface area contributed by atoms with Crippen LogP contribution in [-0.2, 0) is 9.53 Å². The van der Waals surface area contributed by atoms with Crippen LogP contribution in [0, 0.1) is 35.5 Å². The lowest BCUT2D eigenvalue weighted by Crippen LogP contribution is -2.53. The molecular formula is C20H32O2. The average molecular weight is 304 g/mol. The summed E-state index contributed by atoms with van der Waals surface area (Å²) in [5.74, 6) is 4.26. The Morgan fingerprint density at radius 1 is 0.909 bits per heavy atom. The lowest BCUT2D eigenvalue weighted by molar-refractivity contribution is -0.192. The second-order valence-electron chi connectivity index (χ2n) is 9.04. The van der Waals surface area contributed by atoms with Gasteiger partial charge < -0.3 is 4.74 Å². The van der Waals surface area contributed by atoms with Gasteiger partial charge in [0.25, 0.3) is 0 Å². The van der Waals surface area contributed by atoms with Crippen molar-refractivity contribution < 1.29 is 9.53 Å². The highest BCUT2D eigenvalue weighted by molar-refractivity contribution is 5.73. The molecule has 3 unspecified atom stereocenters. The minimum atomic E-state index is -0.0472. The number of hydrogen-bond donors (Lipinski definition) is 0. The fourth-order valence-corrected chi connectivity index (χ4v) is 6.76. The standard InChI is InChI=1S/C20H32O2/c1-3-13-8-17(4-2)18(9-13)19(21)22-20-10-14-5-15(11-20)7-16(6-14)12-20/h13-18H,3-12H2,1-2H3. The summed E-state index contributed by atoms with van der Waals surface area (Å²) in [4.78, 5) is 12.9. The van der Waals surface area contributed by atoms with E-state index in [1.165, 1.54) is 51.4 Å². The zero-order chi connectivity index (χ0) is 15.3. The van der Waals surface area contributed by atoms with Gasteiger partial charge >= 0.3 is 5.97 Å². The molecule has 2 heteroatoms. The van der Waals surface area contributed by atoms with Crippen molar-refractivity contribution in [1.29, 1.82) is 0 Å². The summed E-state index contributed by atoms with van der Waals surface area (Å²) in [5, 5.41) is 0. The smallest absolute Gasteiger partial charge is 0.309 e. The van der Waals surface area contributed by atoms with Crippen molar-refractivity contribution in [2.75, 3.05) is 0 Å². The van der Waals surface area contributed by atoms with Crippen LogP contribution < -0.4 is 0 Å². The summed E-state index contributed by atoms with van der Waals surface area (Å²) in [6.07, 6.45) is 12.4. The number of carbonyl (C=O) groups is 1. The largest absolute Gasteiger partial charge is 0.459 e. The van der Waals surface area contributed by atoms with Crippen LogP contribution in [0.25, 0.3) is 0 Å². The van der Waals surface area contributed by atoms with Crippen LogP contribution in [0.1, 0.15) is 78.1 Å². The van der Waals surface area contributed by atoms with Gasteiger partial charge in [0, 0.05) is 0 Å². The van der Waals surface area contributed by atoms with E-state index in [4.69, 9.17) is 4.74 Å². The quantitative estimate of drug-likeness (QED) is 0.686. The Morgan fingerprint density at radius 2 is 1.50 bits per heavy atom. The van der Waals surface area contributed by atoms with Crippen LogP contribution in [0.2, 0.25) is 0 Å². The van der Waals surface area contributed by atoms with E-state index in [0.717, 1.165) is 36.5 Å². The Kier molecular flexibility index (Phi) is 3.77. The molecule has 0 aromatic rings. The normalized spacial score (nSPS) is 49.5. The Morgan fingerprint density at radius 3 is 2.00 bits per heavy atom. The van der Waals surface area contributed by atoms with Crippen LogP contribution in [0.15, 0.2) is 0 Å². The highest BCUT2D eigenvalue weighted by Crippen LogP contribution is 2.57. The van der Waals surface area contributed by atoms with Gasteiger partial charge in [-0.05, 0) is 81.0 Å². The third kappa shape index (κ3) is 2.51. The molecule has 5 fully saturated rings. The zero-order valence-corrected chi connectivity index (χ0v) is 14.4. The molecule has 22 heavy (non-hydrogen) atoms. The number of rotatable bonds is 4. The monoisotopic (exact) mass is 304 g/mol. The van der Waals surface area contributed by atoms with Crippen molar-refractivity contribution in [2.45, 2.75) is 83.7 Å². The summed E-state index contributed by atoms with van der Waals surface area (Å²) >= 11 is 0. The first-order valence-corrected chi connectivity index (χ1v) is 9.83. The van der Waals surface area contributed by atoms with E-state index in [-0.39, 0.29) is 17.5 Å². The van der Waals surface area contributed by atoms with E-state index in [2.05, 4.69) is 13.8 Å². The predicted molar refractivity (Wildman–Crippen MR) is 87.3 cm³/mol. The molecule has 124 valence electrons. The molecule has 5 aliphatic rings. The molecule has 5 rings (SSSR count). The second kappa shape index (κ2) is 5.53. The van der Waals surface area contributed by atoms with Gasteiger partial charge in [-0.25, -0.2) is 0 Å². The predicted octanol–water partition coefficient (Wildman–Crippen LogP) is 4.96. The Balaban J connectivity index is 1.45. The lowest BCUT2D eigenvalue weighted by atomic mass is 9.54. The molecule has 0 spiro atoms. The first kappa shape index (κ1) is 15.0. The van der Waals surface area contributed by atoms with Gasteiger partial charge in [-0.3, -0.25) is 4.79 Å². The summed E-state index contributed by atoms with van der Waals surface area (Å²) in [6.45, 7) is 4.51. The molecule has 0 aromatic carbocycles. The Hall–Kier alpha value is -0.530. The maximum atomic E-state index is 12.9. The van der Waals surface area contributed by atoms with E-state index >= 15 is 0 Å². The van der Waals surface area contributed by atoms with Gasteiger partial charge in [-0.15, -0.1) is 0 Å². The first-order valence-electron chi connectivity index (χ1n) is 9.83. The van der Waals surface area contributed by atoms with Crippen LogP contribution in [0.4, 0.5) is 0 Å². The van der Waals surface area contributed by atoms with Gasteiger partial charge in [-0.1, -0.05) is 26.7 Å². The molecule has 5 aliphatic carbocycles. The summed E-state index contributed by atoms with van der Waals surface area (Å²) in [5.41, 5.74) is -0.0472. The number of esters is 1. The van der Waals surface area contributed by atoms with Crippen molar-refractivity contribution in [3.05, 3.63) is 0 Å². The molecule has 0 amide bonds. The van der Waals surface area contributed by atoms with E-state index in [0.29, 0.717) is 5.92 Å². The van der Waals surface area contributed by atoms with Crippen molar-refractivity contribution >= 4 is 5.97 Å². The van der Waals surface area contributed by atoms with Crippen molar-refractivity contribution in [1.82, 2.24) is 0 Å². The topological polar surface area (TPSA) is 26.3 Å². The maximum Gasteiger partial charge on any atom is 0.309 e. The maximum absolute atomic E-state index is 12.9. The van der Waals surface area contributed by atoms with Crippen LogP contribution in [0.3, 0.4) is 0 Å². The summed E-state index contributed by atoms with van der Waals surface area (Å²) < 4.78 is 6.32. The first-order chi connectivity index (χ1) is 10.6. The zero-order valence-electron chi connectivity index (χ0n) is 14.4. The second-order valence-corrected chi connectivity index (χ2v) is 9.04. The van der Waals surface area contributed by atoms with Gasteiger partial charge in [0.05, 0.1) is 5.92 Å². The highest BCUT2D eigenvalue weighted by atomic mass is 16.6. The van der Waals surface area contributed by atoms with Crippen LogP contribution in [-0.4, -0.2) is 11.6 Å². The fraction of sp³-hybridized carbons (Fsp3) is 0.950. The molecule has 4 bridgehead atoms. The average Bonchev–Trinajstić information content (AvgIpc) is 2.88. The molecule has 5 saturated carbocycles. The van der Waals surface area contributed by atoms with Crippen LogP contribution >= 0.6 is 0 Å². The molecule has 0 heterocycles. The Bertz CT molecular complexity index is 406. The SMILES string of the molecule is CCC1CC(CC)C(C(=O)OC23CC4CC(CC(C4)C2)C3)C1. The highest BCUT2D eigenvalue weighted by Gasteiger charge is 2.54. The van der Waals surface area contributed by atoms with Gasteiger partial charge in [-0.2, -0.15) is 0 Å². The van der Waals surface area contributed by atoms with Crippen LogP contribution in [0.5, 0.6) is 0 Å². The molecule has 0 saturated heterocycles. The number of hydrogen-bond acceptors (Lipinski definition) is 2. The van der Waals surface area contributed by atoms with Crippen molar-refractivity contribution in [2.24, 2.45) is 35.5 Å².